The summed E-state index contributed by atoms with van der Waals surface area (Å²) in [5.41, 5.74) is 4.90. The minimum atomic E-state index is -4.42. The van der Waals surface area contributed by atoms with E-state index in [1.807, 2.05) is 0 Å². The van der Waals surface area contributed by atoms with Gasteiger partial charge in [0.1, 0.15) is 4.88 Å². The van der Waals surface area contributed by atoms with E-state index in [2.05, 4.69) is 0 Å². The highest BCUT2D eigenvalue weighted by Gasteiger charge is 2.30. The number of rotatable bonds is 4. The highest BCUT2D eigenvalue weighted by Crippen LogP contribution is 2.35. The molecule has 1 heterocycles. The SMILES string of the molecule is Nc1cc(C(F)(F)F)ccc1SCc1ccc(C(=O)O)s1. The molecule has 0 saturated carbocycles. The smallest absolute Gasteiger partial charge is 0.416 e. The first-order chi connectivity index (χ1) is 9.77. The minimum absolute atomic E-state index is 0.0600. The van der Waals surface area contributed by atoms with E-state index in [1.165, 1.54) is 23.9 Å². The quantitative estimate of drug-likeness (QED) is 0.645. The molecule has 1 aromatic heterocycles. The lowest BCUT2D eigenvalue weighted by molar-refractivity contribution is -0.137. The molecule has 0 spiro atoms. The van der Waals surface area contributed by atoms with Crippen LogP contribution in [0.1, 0.15) is 20.1 Å². The number of hydrogen-bond acceptors (Lipinski definition) is 4. The average molecular weight is 333 g/mol. The van der Waals surface area contributed by atoms with Gasteiger partial charge in [-0.15, -0.1) is 23.1 Å². The number of hydrogen-bond donors (Lipinski definition) is 2. The number of thiophene rings is 1. The first kappa shape index (κ1) is 15.7. The maximum absolute atomic E-state index is 12.5. The zero-order chi connectivity index (χ0) is 15.6. The van der Waals surface area contributed by atoms with E-state index in [0.717, 1.165) is 28.3 Å². The van der Waals surface area contributed by atoms with Gasteiger partial charge in [0.2, 0.25) is 0 Å². The summed E-state index contributed by atoms with van der Waals surface area (Å²) in [6, 6.07) is 6.39. The second-order valence-electron chi connectivity index (χ2n) is 4.11. The lowest BCUT2D eigenvalue weighted by Gasteiger charge is -2.10. The molecular formula is C13H10F3NO2S2. The number of aromatic carboxylic acids is 1. The van der Waals surface area contributed by atoms with Crippen LogP contribution >= 0.6 is 23.1 Å². The minimum Gasteiger partial charge on any atom is -0.477 e. The van der Waals surface area contributed by atoms with Crippen molar-refractivity contribution in [3.63, 3.8) is 0 Å². The van der Waals surface area contributed by atoms with Gasteiger partial charge in [0.15, 0.2) is 0 Å². The van der Waals surface area contributed by atoms with Crippen molar-refractivity contribution < 1.29 is 23.1 Å². The molecule has 3 N–H and O–H groups in total. The number of nitrogen functional groups attached to an aromatic ring is 1. The molecule has 0 amide bonds. The number of carboxylic acids is 1. The van der Waals surface area contributed by atoms with Crippen molar-refractivity contribution in [3.05, 3.63) is 45.6 Å². The Hall–Kier alpha value is -1.67. The maximum atomic E-state index is 12.5. The zero-order valence-electron chi connectivity index (χ0n) is 10.5. The highest BCUT2D eigenvalue weighted by atomic mass is 32.2. The predicted octanol–water partition coefficient (Wildman–Crippen LogP) is 4.34. The van der Waals surface area contributed by atoms with Crippen LogP contribution in [0.2, 0.25) is 0 Å². The third-order valence-electron chi connectivity index (χ3n) is 2.58. The normalized spacial score (nSPS) is 11.6. The van der Waals surface area contributed by atoms with Gasteiger partial charge in [-0.1, -0.05) is 0 Å². The van der Waals surface area contributed by atoms with Gasteiger partial charge >= 0.3 is 12.1 Å². The van der Waals surface area contributed by atoms with Crippen LogP contribution in [0.3, 0.4) is 0 Å². The van der Waals surface area contributed by atoms with Crippen LogP contribution in [0.4, 0.5) is 18.9 Å². The summed E-state index contributed by atoms with van der Waals surface area (Å²) < 4.78 is 37.5. The number of nitrogens with two attached hydrogens (primary N) is 1. The third-order valence-corrected chi connectivity index (χ3v) is 4.97. The Bertz CT molecular complexity index is 668. The first-order valence-corrected chi connectivity index (χ1v) is 7.49. The van der Waals surface area contributed by atoms with Crippen LogP contribution in [0.5, 0.6) is 0 Å². The molecule has 0 fully saturated rings. The third kappa shape index (κ3) is 3.92. The number of halogens is 3. The second-order valence-corrected chi connectivity index (χ2v) is 6.30. The fourth-order valence-electron chi connectivity index (χ4n) is 1.58. The number of benzene rings is 1. The molecule has 0 bridgehead atoms. The average Bonchev–Trinajstić information content (AvgIpc) is 2.85. The Balaban J connectivity index is 2.08. The van der Waals surface area contributed by atoms with Gasteiger partial charge in [0.05, 0.1) is 5.56 Å². The Morgan fingerprint density at radius 2 is 2.00 bits per heavy atom. The van der Waals surface area contributed by atoms with Crippen LogP contribution in [-0.4, -0.2) is 11.1 Å². The molecule has 112 valence electrons. The predicted molar refractivity (Wildman–Crippen MR) is 76.7 cm³/mol. The number of thioether (sulfide) groups is 1. The molecule has 0 aliphatic rings. The van der Waals surface area contributed by atoms with Gasteiger partial charge in [-0.05, 0) is 30.3 Å². The molecule has 0 unspecified atom stereocenters. The monoisotopic (exact) mass is 333 g/mol. The first-order valence-electron chi connectivity index (χ1n) is 5.69. The molecule has 0 atom stereocenters. The lowest BCUT2D eigenvalue weighted by Crippen LogP contribution is -2.05. The molecular weight excluding hydrogens is 323 g/mol. The Morgan fingerprint density at radius 3 is 2.52 bits per heavy atom. The van der Waals surface area contributed by atoms with Crippen LogP contribution in [0, 0.1) is 0 Å². The highest BCUT2D eigenvalue weighted by molar-refractivity contribution is 7.98. The maximum Gasteiger partial charge on any atom is 0.416 e. The van der Waals surface area contributed by atoms with Gasteiger partial charge in [-0.3, -0.25) is 0 Å². The number of carbonyl (C=O) groups is 1. The van der Waals surface area contributed by atoms with Crippen LogP contribution < -0.4 is 5.73 Å². The summed E-state index contributed by atoms with van der Waals surface area (Å²) in [6.45, 7) is 0. The molecule has 0 saturated heterocycles. The summed E-state index contributed by atoms with van der Waals surface area (Å²) in [4.78, 5) is 12.3. The van der Waals surface area contributed by atoms with E-state index in [9.17, 15) is 18.0 Å². The summed E-state index contributed by atoms with van der Waals surface area (Å²) in [7, 11) is 0. The van der Waals surface area contributed by atoms with E-state index in [-0.39, 0.29) is 10.6 Å². The van der Waals surface area contributed by atoms with Crippen LogP contribution in [-0.2, 0) is 11.9 Å². The van der Waals surface area contributed by atoms with Gasteiger partial charge in [0.25, 0.3) is 0 Å². The molecule has 3 nitrogen and oxygen atoms in total. The Labute approximate surface area is 126 Å². The molecule has 2 rings (SSSR count). The molecule has 0 radical (unpaired) electrons. The molecule has 2 aromatic rings. The second kappa shape index (κ2) is 5.98. The number of anilines is 1. The Morgan fingerprint density at radius 1 is 1.29 bits per heavy atom. The number of carboxylic acid groups (broad SMARTS) is 1. The molecule has 1 aromatic carbocycles. The summed E-state index contributed by atoms with van der Waals surface area (Å²) in [6.07, 6.45) is -4.42. The van der Waals surface area contributed by atoms with E-state index in [0.29, 0.717) is 10.6 Å². The van der Waals surface area contributed by atoms with Crippen molar-refractivity contribution >= 4 is 34.8 Å². The molecule has 0 aliphatic carbocycles. The van der Waals surface area contributed by atoms with Gasteiger partial charge in [-0.25, -0.2) is 4.79 Å². The zero-order valence-corrected chi connectivity index (χ0v) is 12.1. The lowest BCUT2D eigenvalue weighted by atomic mass is 10.2. The largest absolute Gasteiger partial charge is 0.477 e. The molecule has 0 aliphatic heterocycles. The van der Waals surface area contributed by atoms with Crippen molar-refractivity contribution in [1.82, 2.24) is 0 Å². The van der Waals surface area contributed by atoms with Crippen molar-refractivity contribution in [3.8, 4) is 0 Å². The molecule has 8 heteroatoms. The van der Waals surface area contributed by atoms with Crippen molar-refractivity contribution in [2.75, 3.05) is 5.73 Å². The van der Waals surface area contributed by atoms with Crippen LogP contribution in [0.25, 0.3) is 0 Å². The van der Waals surface area contributed by atoms with Gasteiger partial charge in [-0.2, -0.15) is 13.2 Å². The summed E-state index contributed by atoms with van der Waals surface area (Å²) >= 11 is 2.40. The Kier molecular flexibility index (Phi) is 4.48. The van der Waals surface area contributed by atoms with Crippen molar-refractivity contribution in [2.24, 2.45) is 0 Å². The van der Waals surface area contributed by atoms with E-state index in [4.69, 9.17) is 10.8 Å². The summed E-state index contributed by atoms with van der Waals surface area (Å²) in [5.74, 6) is -0.543. The van der Waals surface area contributed by atoms with E-state index >= 15 is 0 Å². The van der Waals surface area contributed by atoms with E-state index < -0.39 is 17.7 Å². The fraction of sp³-hybridized carbons (Fsp3) is 0.154. The number of alkyl halides is 3. The van der Waals surface area contributed by atoms with Crippen molar-refractivity contribution in [2.45, 2.75) is 16.8 Å². The van der Waals surface area contributed by atoms with Crippen LogP contribution in [0.15, 0.2) is 35.2 Å². The standard InChI is InChI=1S/C13H10F3NO2S2/c14-13(15,16)7-1-3-10(9(17)5-7)20-6-8-2-4-11(21-8)12(18)19/h1-5H,6,17H2,(H,18,19). The van der Waals surface area contributed by atoms with Crippen molar-refractivity contribution in [1.29, 1.82) is 0 Å². The fourth-order valence-corrected chi connectivity index (χ4v) is 3.41. The summed E-state index contributed by atoms with van der Waals surface area (Å²) in [5, 5.41) is 8.81. The topological polar surface area (TPSA) is 63.3 Å². The van der Waals surface area contributed by atoms with E-state index in [1.54, 1.807) is 6.07 Å². The van der Waals surface area contributed by atoms with Gasteiger partial charge in [0, 0.05) is 21.2 Å². The van der Waals surface area contributed by atoms with Gasteiger partial charge < -0.3 is 10.8 Å². The molecule has 21 heavy (non-hydrogen) atoms.